The second kappa shape index (κ2) is 4.30. The molecule has 1 saturated carbocycles. The van der Waals surface area contributed by atoms with E-state index >= 15 is 0 Å². The molecule has 0 atom stereocenters. The number of rotatable bonds is 2. The number of urea groups is 1. The van der Waals surface area contributed by atoms with E-state index in [1.165, 1.54) is 12.8 Å². The van der Waals surface area contributed by atoms with Gasteiger partial charge in [-0.2, -0.15) is 0 Å². The Morgan fingerprint density at radius 1 is 1.58 bits per heavy atom. The highest BCUT2D eigenvalue weighted by molar-refractivity contribution is 5.73. The maximum atomic E-state index is 11.2. The first-order valence-corrected chi connectivity index (χ1v) is 4.56. The van der Waals surface area contributed by atoms with Gasteiger partial charge in [0.2, 0.25) is 0 Å². The molecule has 70 valence electrons. The van der Waals surface area contributed by atoms with Gasteiger partial charge < -0.3 is 4.90 Å². The zero-order valence-electron chi connectivity index (χ0n) is 7.55. The van der Waals surface area contributed by atoms with Crippen molar-refractivity contribution in [3.05, 3.63) is 0 Å². The fourth-order valence-electron chi connectivity index (χ4n) is 1.87. The van der Waals surface area contributed by atoms with Crippen LogP contribution in [0.2, 0.25) is 0 Å². The van der Waals surface area contributed by atoms with Crippen molar-refractivity contribution >= 4 is 6.03 Å². The molecule has 1 fully saturated rings. The SMILES string of the molecule is CCN(C(=O)NN)C1CCCC1. The molecule has 1 aliphatic rings. The second-order valence-corrected chi connectivity index (χ2v) is 3.17. The molecule has 0 saturated heterocycles. The summed E-state index contributed by atoms with van der Waals surface area (Å²) in [6.45, 7) is 2.72. The Morgan fingerprint density at radius 2 is 2.17 bits per heavy atom. The van der Waals surface area contributed by atoms with Crippen molar-refractivity contribution in [3.63, 3.8) is 0 Å². The van der Waals surface area contributed by atoms with Crippen molar-refractivity contribution in [1.82, 2.24) is 10.3 Å². The molecule has 4 nitrogen and oxygen atoms in total. The highest BCUT2D eigenvalue weighted by Gasteiger charge is 2.24. The zero-order valence-corrected chi connectivity index (χ0v) is 7.55. The number of nitrogens with one attached hydrogen (secondary N) is 1. The number of carbonyl (C=O) groups is 1. The summed E-state index contributed by atoms with van der Waals surface area (Å²) in [5.41, 5.74) is 2.18. The third-order valence-corrected chi connectivity index (χ3v) is 2.49. The van der Waals surface area contributed by atoms with Crippen LogP contribution < -0.4 is 11.3 Å². The number of hydrazine groups is 1. The van der Waals surface area contributed by atoms with Gasteiger partial charge in [0.25, 0.3) is 0 Å². The number of hydrogen-bond donors (Lipinski definition) is 2. The molecule has 4 heteroatoms. The minimum Gasteiger partial charge on any atom is -0.321 e. The van der Waals surface area contributed by atoms with Crippen LogP contribution in [-0.2, 0) is 0 Å². The van der Waals surface area contributed by atoms with E-state index in [4.69, 9.17) is 5.84 Å². The smallest absolute Gasteiger partial charge is 0.321 e. The monoisotopic (exact) mass is 171 g/mol. The normalized spacial score (nSPS) is 17.8. The van der Waals surface area contributed by atoms with E-state index in [0.717, 1.165) is 19.4 Å². The molecule has 0 heterocycles. The summed E-state index contributed by atoms with van der Waals surface area (Å²) in [4.78, 5) is 13.0. The number of amides is 2. The molecule has 0 aliphatic heterocycles. The standard InChI is InChI=1S/C8H17N3O/c1-2-11(8(12)10-9)7-5-3-4-6-7/h7H,2-6,9H2,1H3,(H,10,12). The highest BCUT2D eigenvalue weighted by Crippen LogP contribution is 2.22. The zero-order chi connectivity index (χ0) is 8.97. The van der Waals surface area contributed by atoms with Crippen LogP contribution in [-0.4, -0.2) is 23.5 Å². The molecule has 1 aliphatic carbocycles. The van der Waals surface area contributed by atoms with Gasteiger partial charge in [-0.1, -0.05) is 12.8 Å². The average molecular weight is 171 g/mol. The fourth-order valence-corrected chi connectivity index (χ4v) is 1.87. The van der Waals surface area contributed by atoms with Gasteiger partial charge in [-0.15, -0.1) is 0 Å². The van der Waals surface area contributed by atoms with Crippen LogP contribution in [0.25, 0.3) is 0 Å². The van der Waals surface area contributed by atoms with Crippen molar-refractivity contribution in [2.75, 3.05) is 6.54 Å². The average Bonchev–Trinajstić information content (AvgIpc) is 2.58. The third kappa shape index (κ3) is 1.88. The van der Waals surface area contributed by atoms with Crippen LogP contribution in [0.1, 0.15) is 32.6 Å². The molecule has 3 N–H and O–H groups in total. The summed E-state index contributed by atoms with van der Waals surface area (Å²) in [6, 6.07) is 0.267. The Hall–Kier alpha value is -0.770. The van der Waals surface area contributed by atoms with E-state index in [1.807, 2.05) is 11.8 Å². The Morgan fingerprint density at radius 3 is 2.58 bits per heavy atom. The first kappa shape index (κ1) is 9.32. The predicted octanol–water partition coefficient (Wildman–Crippen LogP) is 0.834. The lowest BCUT2D eigenvalue weighted by Crippen LogP contribution is -2.47. The van der Waals surface area contributed by atoms with Gasteiger partial charge in [-0.25, -0.2) is 10.6 Å². The number of nitrogens with zero attached hydrogens (tertiary/aromatic N) is 1. The molecule has 0 spiro atoms. The first-order valence-electron chi connectivity index (χ1n) is 4.56. The van der Waals surface area contributed by atoms with E-state index in [2.05, 4.69) is 5.43 Å². The predicted molar refractivity (Wildman–Crippen MR) is 47.4 cm³/mol. The quantitative estimate of drug-likeness (QED) is 0.367. The largest absolute Gasteiger partial charge is 0.331 e. The molecule has 1 rings (SSSR count). The number of nitrogens with two attached hydrogens (primary N) is 1. The molecule has 0 aromatic rings. The van der Waals surface area contributed by atoms with Crippen LogP contribution >= 0.6 is 0 Å². The molecule has 0 aromatic carbocycles. The van der Waals surface area contributed by atoms with Gasteiger partial charge in [0.05, 0.1) is 0 Å². The van der Waals surface area contributed by atoms with Gasteiger partial charge in [-0.3, -0.25) is 5.43 Å². The maximum Gasteiger partial charge on any atom is 0.331 e. The van der Waals surface area contributed by atoms with E-state index in [9.17, 15) is 4.79 Å². The summed E-state index contributed by atoms with van der Waals surface area (Å²) in [5, 5.41) is 0. The van der Waals surface area contributed by atoms with E-state index in [1.54, 1.807) is 0 Å². The van der Waals surface area contributed by atoms with Crippen molar-refractivity contribution in [3.8, 4) is 0 Å². The Kier molecular flexibility index (Phi) is 3.34. The molecule has 0 radical (unpaired) electrons. The Labute approximate surface area is 73.1 Å². The molecule has 0 bridgehead atoms. The summed E-state index contributed by atoms with van der Waals surface area (Å²) >= 11 is 0. The second-order valence-electron chi connectivity index (χ2n) is 3.17. The van der Waals surface area contributed by atoms with Crippen LogP contribution in [0.4, 0.5) is 4.79 Å². The van der Waals surface area contributed by atoms with Crippen LogP contribution in [0.5, 0.6) is 0 Å². The van der Waals surface area contributed by atoms with Crippen LogP contribution in [0.15, 0.2) is 0 Å². The minimum absolute atomic E-state index is 0.149. The van der Waals surface area contributed by atoms with Gasteiger partial charge in [0.1, 0.15) is 0 Å². The molecule has 2 amide bonds. The molecule has 0 unspecified atom stereocenters. The Balaban J connectivity index is 2.48. The third-order valence-electron chi connectivity index (χ3n) is 2.49. The number of carbonyl (C=O) groups excluding carboxylic acids is 1. The number of hydrogen-bond acceptors (Lipinski definition) is 2. The lowest BCUT2D eigenvalue weighted by Gasteiger charge is -2.26. The lowest BCUT2D eigenvalue weighted by molar-refractivity contribution is 0.179. The fraction of sp³-hybridized carbons (Fsp3) is 0.875. The highest BCUT2D eigenvalue weighted by atomic mass is 16.2. The van der Waals surface area contributed by atoms with Crippen molar-refractivity contribution in [1.29, 1.82) is 0 Å². The Bertz CT molecular complexity index is 154. The topological polar surface area (TPSA) is 58.4 Å². The molecule has 12 heavy (non-hydrogen) atoms. The first-order chi connectivity index (χ1) is 5.79. The van der Waals surface area contributed by atoms with Crippen molar-refractivity contribution in [2.45, 2.75) is 38.6 Å². The van der Waals surface area contributed by atoms with E-state index in [-0.39, 0.29) is 6.03 Å². The summed E-state index contributed by atoms with van der Waals surface area (Å²) < 4.78 is 0. The molecular weight excluding hydrogens is 154 g/mol. The van der Waals surface area contributed by atoms with Gasteiger partial charge in [0, 0.05) is 12.6 Å². The van der Waals surface area contributed by atoms with Crippen LogP contribution in [0.3, 0.4) is 0 Å². The van der Waals surface area contributed by atoms with Gasteiger partial charge in [0.15, 0.2) is 0 Å². The maximum absolute atomic E-state index is 11.2. The van der Waals surface area contributed by atoms with Crippen LogP contribution in [0, 0.1) is 0 Å². The summed E-state index contributed by atoms with van der Waals surface area (Å²) in [6.07, 6.45) is 4.72. The molecular formula is C8H17N3O. The van der Waals surface area contributed by atoms with E-state index in [0.29, 0.717) is 6.04 Å². The van der Waals surface area contributed by atoms with E-state index < -0.39 is 0 Å². The van der Waals surface area contributed by atoms with Gasteiger partial charge >= 0.3 is 6.03 Å². The van der Waals surface area contributed by atoms with Crippen molar-refractivity contribution < 1.29 is 4.79 Å². The lowest BCUT2D eigenvalue weighted by atomic mass is 10.2. The molecule has 0 aromatic heterocycles. The summed E-state index contributed by atoms with van der Waals surface area (Å²) in [5.74, 6) is 5.07. The summed E-state index contributed by atoms with van der Waals surface area (Å²) in [7, 11) is 0. The van der Waals surface area contributed by atoms with Crippen molar-refractivity contribution in [2.24, 2.45) is 5.84 Å². The minimum atomic E-state index is -0.149. The van der Waals surface area contributed by atoms with Gasteiger partial charge in [-0.05, 0) is 19.8 Å².